The van der Waals surface area contributed by atoms with Crippen LogP contribution in [0.2, 0.25) is 0 Å². The molecular weight excluding hydrogens is 140 g/mol. The third-order valence-corrected chi connectivity index (χ3v) is 3.06. The molecule has 0 aromatic heterocycles. The van der Waals surface area contributed by atoms with Gasteiger partial charge >= 0.3 is 0 Å². The van der Waals surface area contributed by atoms with Gasteiger partial charge < -0.3 is 4.74 Å². The Morgan fingerprint density at radius 3 is 2.45 bits per heavy atom. The van der Waals surface area contributed by atoms with Gasteiger partial charge in [-0.2, -0.15) is 0 Å². The molecule has 0 amide bonds. The van der Waals surface area contributed by atoms with Gasteiger partial charge in [-0.15, -0.1) is 0 Å². The molecule has 0 aromatic carbocycles. The monoisotopic (exact) mass is 154 g/mol. The molecule has 0 bridgehead atoms. The number of hydrogen-bond donors (Lipinski definition) is 0. The fourth-order valence-electron chi connectivity index (χ4n) is 2.23. The fraction of sp³-hybridized carbons (Fsp3) is 0.889. The lowest BCUT2D eigenvalue weighted by Gasteiger charge is -2.32. The Labute approximate surface area is 66.9 Å². The molecule has 2 nitrogen and oxygen atoms in total. The number of ketones is 1. The van der Waals surface area contributed by atoms with E-state index in [4.69, 9.17) is 4.74 Å². The van der Waals surface area contributed by atoms with Gasteiger partial charge in [0, 0.05) is 26.1 Å². The van der Waals surface area contributed by atoms with Crippen LogP contribution in [0.3, 0.4) is 0 Å². The van der Waals surface area contributed by atoms with Crippen LogP contribution >= 0.6 is 0 Å². The maximum absolute atomic E-state index is 11.1. The van der Waals surface area contributed by atoms with Crippen molar-refractivity contribution >= 4 is 5.78 Å². The molecule has 62 valence electrons. The Morgan fingerprint density at radius 2 is 1.91 bits per heavy atom. The van der Waals surface area contributed by atoms with Gasteiger partial charge in [0.1, 0.15) is 5.78 Å². The van der Waals surface area contributed by atoms with Crippen molar-refractivity contribution < 1.29 is 9.53 Å². The predicted octanol–water partition coefficient (Wildman–Crippen LogP) is 1.54. The lowest BCUT2D eigenvalue weighted by Crippen LogP contribution is -2.26. The molecule has 1 saturated carbocycles. The average Bonchev–Trinajstić information content (AvgIpc) is 2.34. The van der Waals surface area contributed by atoms with Crippen molar-refractivity contribution in [1.29, 1.82) is 0 Å². The molecule has 1 spiro atoms. The van der Waals surface area contributed by atoms with E-state index >= 15 is 0 Å². The third kappa shape index (κ3) is 1.32. The average molecular weight is 154 g/mol. The molecule has 0 unspecified atom stereocenters. The van der Waals surface area contributed by atoms with E-state index in [-0.39, 0.29) is 0 Å². The van der Waals surface area contributed by atoms with Gasteiger partial charge in [0.15, 0.2) is 0 Å². The Bertz CT molecular complexity index is 168. The minimum Gasteiger partial charge on any atom is -0.381 e. The van der Waals surface area contributed by atoms with Gasteiger partial charge in [-0.3, -0.25) is 4.79 Å². The van der Waals surface area contributed by atoms with E-state index in [9.17, 15) is 4.79 Å². The highest BCUT2D eigenvalue weighted by atomic mass is 16.5. The number of rotatable bonds is 0. The number of carbonyl (C=O) groups is 1. The zero-order valence-electron chi connectivity index (χ0n) is 6.77. The second kappa shape index (κ2) is 2.59. The topological polar surface area (TPSA) is 26.3 Å². The van der Waals surface area contributed by atoms with E-state index in [2.05, 4.69) is 0 Å². The molecule has 0 aromatic rings. The van der Waals surface area contributed by atoms with Crippen LogP contribution in [0.25, 0.3) is 0 Å². The molecule has 1 aliphatic heterocycles. The summed E-state index contributed by atoms with van der Waals surface area (Å²) in [5.41, 5.74) is 0.370. The van der Waals surface area contributed by atoms with Gasteiger partial charge in [0.05, 0.1) is 0 Å². The molecule has 1 saturated heterocycles. The van der Waals surface area contributed by atoms with Crippen LogP contribution in [0.1, 0.15) is 32.1 Å². The largest absolute Gasteiger partial charge is 0.381 e. The number of carbonyl (C=O) groups excluding carboxylic acids is 1. The van der Waals surface area contributed by atoms with Crippen molar-refractivity contribution in [1.82, 2.24) is 0 Å². The highest BCUT2D eigenvalue weighted by Crippen LogP contribution is 2.43. The quantitative estimate of drug-likeness (QED) is 0.529. The van der Waals surface area contributed by atoms with E-state index in [1.165, 1.54) is 0 Å². The number of ether oxygens (including phenoxy) is 1. The van der Waals surface area contributed by atoms with Gasteiger partial charge in [0.25, 0.3) is 0 Å². The van der Waals surface area contributed by atoms with Crippen LogP contribution < -0.4 is 0 Å². The summed E-state index contributed by atoms with van der Waals surface area (Å²) in [4.78, 5) is 11.1. The van der Waals surface area contributed by atoms with Crippen LogP contribution in [0.4, 0.5) is 0 Å². The van der Waals surface area contributed by atoms with E-state index < -0.39 is 0 Å². The lowest BCUT2D eigenvalue weighted by atomic mass is 9.79. The maximum Gasteiger partial charge on any atom is 0.133 e. The first-order valence-corrected chi connectivity index (χ1v) is 4.40. The summed E-state index contributed by atoms with van der Waals surface area (Å²) < 4.78 is 5.28. The van der Waals surface area contributed by atoms with Crippen LogP contribution in [0, 0.1) is 5.41 Å². The molecule has 2 rings (SSSR count). The Balaban J connectivity index is 2.03. The van der Waals surface area contributed by atoms with Crippen molar-refractivity contribution in [2.24, 2.45) is 5.41 Å². The molecule has 2 heteroatoms. The second-order valence-corrected chi connectivity index (χ2v) is 3.83. The van der Waals surface area contributed by atoms with Crippen molar-refractivity contribution in [3.05, 3.63) is 0 Å². The van der Waals surface area contributed by atoms with Crippen molar-refractivity contribution in [3.63, 3.8) is 0 Å². The minimum absolute atomic E-state index is 0.370. The van der Waals surface area contributed by atoms with Gasteiger partial charge in [-0.25, -0.2) is 0 Å². The Hall–Kier alpha value is -0.370. The summed E-state index contributed by atoms with van der Waals surface area (Å²) in [5, 5.41) is 0. The van der Waals surface area contributed by atoms with Gasteiger partial charge in [0.2, 0.25) is 0 Å². The highest BCUT2D eigenvalue weighted by molar-refractivity contribution is 5.81. The number of hydrogen-bond acceptors (Lipinski definition) is 2. The van der Waals surface area contributed by atoms with E-state index in [0.717, 1.165) is 45.3 Å². The molecule has 11 heavy (non-hydrogen) atoms. The highest BCUT2D eigenvalue weighted by Gasteiger charge is 2.39. The molecule has 2 fully saturated rings. The predicted molar refractivity (Wildman–Crippen MR) is 41.3 cm³/mol. The van der Waals surface area contributed by atoms with Gasteiger partial charge in [-0.05, 0) is 24.7 Å². The molecule has 1 aliphatic carbocycles. The summed E-state index contributed by atoms with van der Waals surface area (Å²) in [7, 11) is 0. The van der Waals surface area contributed by atoms with Crippen LogP contribution in [-0.2, 0) is 9.53 Å². The molecular formula is C9H14O2. The summed E-state index contributed by atoms with van der Waals surface area (Å²) in [5.74, 6) is 0.465. The molecule has 0 atom stereocenters. The van der Waals surface area contributed by atoms with Crippen LogP contribution in [0.5, 0.6) is 0 Å². The van der Waals surface area contributed by atoms with E-state index in [1.807, 2.05) is 0 Å². The second-order valence-electron chi connectivity index (χ2n) is 3.83. The minimum atomic E-state index is 0.370. The summed E-state index contributed by atoms with van der Waals surface area (Å²) in [6.45, 7) is 1.74. The zero-order valence-corrected chi connectivity index (χ0v) is 6.77. The first kappa shape index (κ1) is 7.29. The summed E-state index contributed by atoms with van der Waals surface area (Å²) in [6.07, 6.45) is 4.99. The summed E-state index contributed by atoms with van der Waals surface area (Å²) in [6, 6.07) is 0. The first-order chi connectivity index (χ1) is 5.31. The lowest BCUT2D eigenvalue weighted by molar-refractivity contribution is -0.118. The fourth-order valence-corrected chi connectivity index (χ4v) is 2.23. The van der Waals surface area contributed by atoms with E-state index in [1.54, 1.807) is 0 Å². The zero-order chi connectivity index (χ0) is 7.73. The maximum atomic E-state index is 11.1. The normalized spacial score (nSPS) is 29.6. The Kier molecular flexibility index (Phi) is 1.72. The molecule has 2 aliphatic rings. The van der Waals surface area contributed by atoms with Crippen molar-refractivity contribution in [2.45, 2.75) is 32.1 Å². The van der Waals surface area contributed by atoms with Crippen molar-refractivity contribution in [3.8, 4) is 0 Å². The molecule has 0 N–H and O–H groups in total. The summed E-state index contributed by atoms with van der Waals surface area (Å²) >= 11 is 0. The SMILES string of the molecule is O=C1CCC2(CCOCC2)C1. The smallest absolute Gasteiger partial charge is 0.133 e. The van der Waals surface area contributed by atoms with Crippen LogP contribution in [-0.4, -0.2) is 19.0 Å². The molecule has 0 radical (unpaired) electrons. The van der Waals surface area contributed by atoms with Crippen LogP contribution in [0.15, 0.2) is 0 Å². The first-order valence-electron chi connectivity index (χ1n) is 4.40. The number of Topliss-reactive ketones (excluding diaryl/α,β-unsaturated/α-hetero) is 1. The Morgan fingerprint density at radius 1 is 1.18 bits per heavy atom. The standard InChI is InChI=1S/C9H14O2/c10-8-1-2-9(7-8)3-5-11-6-4-9/h1-7H2. The molecule has 1 heterocycles. The van der Waals surface area contributed by atoms with Gasteiger partial charge in [-0.1, -0.05) is 0 Å². The van der Waals surface area contributed by atoms with Crippen molar-refractivity contribution in [2.75, 3.05) is 13.2 Å². The van der Waals surface area contributed by atoms with E-state index in [0.29, 0.717) is 11.2 Å². The third-order valence-electron chi connectivity index (χ3n) is 3.06.